The lowest BCUT2D eigenvalue weighted by atomic mass is 9.68. The molecule has 124 valence electrons. The van der Waals surface area contributed by atoms with Gasteiger partial charge in [0.15, 0.2) is 0 Å². The first-order valence-electron chi connectivity index (χ1n) is 9.30. The van der Waals surface area contributed by atoms with Gasteiger partial charge in [0, 0.05) is 11.6 Å². The number of nitrogens with two attached hydrogens (primary N) is 1. The van der Waals surface area contributed by atoms with Gasteiger partial charge in [0.1, 0.15) is 0 Å². The van der Waals surface area contributed by atoms with Gasteiger partial charge in [-0.05, 0) is 56.5 Å². The van der Waals surface area contributed by atoms with E-state index in [1.807, 2.05) is 0 Å². The first-order valence-corrected chi connectivity index (χ1v) is 9.30. The summed E-state index contributed by atoms with van der Waals surface area (Å²) in [4.78, 5) is 2.70. The molecule has 3 N–H and O–H groups in total. The normalized spacial score (nSPS) is 34.3. The fourth-order valence-electron chi connectivity index (χ4n) is 5.29. The largest absolute Gasteiger partial charge is 0.297 e. The van der Waals surface area contributed by atoms with Crippen LogP contribution in [-0.2, 0) is 0 Å². The van der Waals surface area contributed by atoms with E-state index in [-0.39, 0.29) is 0 Å². The van der Waals surface area contributed by atoms with Crippen LogP contribution < -0.4 is 11.3 Å². The molecule has 0 aromatic carbocycles. The summed E-state index contributed by atoms with van der Waals surface area (Å²) in [5.74, 6) is 8.59. The van der Waals surface area contributed by atoms with Crippen molar-refractivity contribution in [1.29, 1.82) is 0 Å². The van der Waals surface area contributed by atoms with Gasteiger partial charge in [-0.2, -0.15) is 0 Å². The number of rotatable bonds is 6. The second-order valence-corrected chi connectivity index (χ2v) is 7.66. The molecule has 0 bridgehead atoms. The van der Waals surface area contributed by atoms with Gasteiger partial charge in [-0.25, -0.2) is 0 Å². The standard InChI is InChI=1S/C18H37N3/c1-5-21(6-2)18(11-7-8-12-18)17(20-19)16-10-9-14(3)15(4)13-16/h14-17,20H,5-13,19H2,1-4H3. The summed E-state index contributed by atoms with van der Waals surface area (Å²) in [5.41, 5.74) is 3.61. The fourth-order valence-corrected chi connectivity index (χ4v) is 5.29. The minimum absolute atomic E-state index is 0.309. The second kappa shape index (κ2) is 7.43. The van der Waals surface area contributed by atoms with E-state index < -0.39 is 0 Å². The van der Waals surface area contributed by atoms with Crippen LogP contribution in [0.3, 0.4) is 0 Å². The van der Waals surface area contributed by atoms with Gasteiger partial charge >= 0.3 is 0 Å². The number of hydrogen-bond donors (Lipinski definition) is 2. The highest BCUT2D eigenvalue weighted by Gasteiger charge is 2.48. The van der Waals surface area contributed by atoms with Crippen LogP contribution in [0.15, 0.2) is 0 Å². The number of likely N-dealkylation sites (N-methyl/N-ethyl adjacent to an activating group) is 1. The Hall–Kier alpha value is -0.120. The Balaban J connectivity index is 2.20. The van der Waals surface area contributed by atoms with Crippen molar-refractivity contribution in [3.8, 4) is 0 Å². The van der Waals surface area contributed by atoms with Crippen molar-refractivity contribution < 1.29 is 0 Å². The van der Waals surface area contributed by atoms with Crippen LogP contribution in [0.1, 0.15) is 72.6 Å². The average Bonchev–Trinajstić information content (AvgIpc) is 2.95. The van der Waals surface area contributed by atoms with Crippen LogP contribution in [0, 0.1) is 17.8 Å². The molecule has 3 nitrogen and oxygen atoms in total. The molecule has 2 aliphatic carbocycles. The molecular weight excluding hydrogens is 258 g/mol. The zero-order valence-electron chi connectivity index (χ0n) is 14.7. The zero-order valence-corrected chi connectivity index (χ0v) is 14.7. The summed E-state index contributed by atoms with van der Waals surface area (Å²) in [7, 11) is 0. The monoisotopic (exact) mass is 295 g/mol. The van der Waals surface area contributed by atoms with Gasteiger partial charge in [-0.1, -0.05) is 47.0 Å². The predicted octanol–water partition coefficient (Wildman–Crippen LogP) is 3.55. The molecule has 0 aromatic rings. The van der Waals surface area contributed by atoms with Gasteiger partial charge in [-0.15, -0.1) is 0 Å². The lowest BCUT2D eigenvalue weighted by Crippen LogP contribution is -2.64. The van der Waals surface area contributed by atoms with E-state index >= 15 is 0 Å². The number of nitrogens with one attached hydrogen (secondary N) is 1. The first-order chi connectivity index (χ1) is 10.1. The Morgan fingerprint density at radius 2 is 1.71 bits per heavy atom. The quantitative estimate of drug-likeness (QED) is 0.581. The predicted molar refractivity (Wildman–Crippen MR) is 90.9 cm³/mol. The molecule has 4 unspecified atom stereocenters. The molecule has 2 saturated carbocycles. The molecule has 0 amide bonds. The summed E-state index contributed by atoms with van der Waals surface area (Å²) in [6.07, 6.45) is 9.45. The molecule has 0 radical (unpaired) electrons. The van der Waals surface area contributed by atoms with E-state index in [0.717, 1.165) is 30.8 Å². The Bertz CT molecular complexity index is 308. The Labute approximate surface area is 132 Å². The smallest absolute Gasteiger partial charge is 0.0423 e. The van der Waals surface area contributed by atoms with Crippen LogP contribution in [0.2, 0.25) is 0 Å². The summed E-state index contributed by atoms with van der Waals surface area (Å²) >= 11 is 0. The maximum absolute atomic E-state index is 6.12. The SMILES string of the molecule is CCN(CC)C1(C(NN)C2CCC(C)C(C)C2)CCCC1. The third-order valence-corrected chi connectivity index (χ3v) is 6.73. The van der Waals surface area contributed by atoms with Gasteiger partial charge < -0.3 is 0 Å². The van der Waals surface area contributed by atoms with Crippen molar-refractivity contribution in [2.24, 2.45) is 23.6 Å². The summed E-state index contributed by atoms with van der Waals surface area (Å²) in [6.45, 7) is 11.8. The molecule has 0 saturated heterocycles. The van der Waals surface area contributed by atoms with E-state index in [1.54, 1.807) is 0 Å². The van der Waals surface area contributed by atoms with Crippen LogP contribution in [0.25, 0.3) is 0 Å². The van der Waals surface area contributed by atoms with Crippen molar-refractivity contribution in [3.05, 3.63) is 0 Å². The van der Waals surface area contributed by atoms with Crippen LogP contribution in [-0.4, -0.2) is 29.6 Å². The number of nitrogens with zero attached hydrogens (tertiary/aromatic N) is 1. The molecule has 0 spiro atoms. The third kappa shape index (κ3) is 3.30. The van der Waals surface area contributed by atoms with Crippen molar-refractivity contribution in [1.82, 2.24) is 10.3 Å². The lowest BCUT2D eigenvalue weighted by molar-refractivity contribution is 0.0194. The maximum atomic E-state index is 6.12. The fraction of sp³-hybridized carbons (Fsp3) is 1.00. The Morgan fingerprint density at radius 3 is 2.19 bits per heavy atom. The maximum Gasteiger partial charge on any atom is 0.0423 e. The molecule has 2 aliphatic rings. The number of hydrogen-bond acceptors (Lipinski definition) is 3. The van der Waals surface area contributed by atoms with Crippen LogP contribution in [0.5, 0.6) is 0 Å². The minimum atomic E-state index is 0.309. The lowest BCUT2D eigenvalue weighted by Gasteiger charge is -2.50. The summed E-state index contributed by atoms with van der Waals surface area (Å²) < 4.78 is 0. The molecular formula is C18H37N3. The molecule has 3 heteroatoms. The van der Waals surface area contributed by atoms with Crippen molar-refractivity contribution >= 4 is 0 Å². The number of hydrazine groups is 1. The van der Waals surface area contributed by atoms with E-state index in [4.69, 9.17) is 5.84 Å². The summed E-state index contributed by atoms with van der Waals surface area (Å²) in [6, 6.07) is 0.467. The van der Waals surface area contributed by atoms with E-state index in [0.29, 0.717) is 11.6 Å². The molecule has 2 fully saturated rings. The first kappa shape index (κ1) is 17.2. The van der Waals surface area contributed by atoms with Gasteiger partial charge in [0.2, 0.25) is 0 Å². The summed E-state index contributed by atoms with van der Waals surface area (Å²) in [5, 5.41) is 0. The molecule has 21 heavy (non-hydrogen) atoms. The highest BCUT2D eigenvalue weighted by molar-refractivity contribution is 5.05. The molecule has 0 heterocycles. The topological polar surface area (TPSA) is 41.3 Å². The highest BCUT2D eigenvalue weighted by Crippen LogP contribution is 2.45. The third-order valence-electron chi connectivity index (χ3n) is 6.73. The van der Waals surface area contributed by atoms with E-state index in [9.17, 15) is 0 Å². The highest BCUT2D eigenvalue weighted by atomic mass is 15.3. The van der Waals surface area contributed by atoms with Gasteiger partial charge in [-0.3, -0.25) is 16.2 Å². The van der Waals surface area contributed by atoms with Gasteiger partial charge in [0.05, 0.1) is 0 Å². The van der Waals surface area contributed by atoms with Crippen LogP contribution >= 0.6 is 0 Å². The van der Waals surface area contributed by atoms with Gasteiger partial charge in [0.25, 0.3) is 0 Å². The van der Waals surface area contributed by atoms with Crippen molar-refractivity contribution in [3.63, 3.8) is 0 Å². The molecule has 2 rings (SSSR count). The average molecular weight is 296 g/mol. The zero-order chi connectivity index (χ0) is 15.5. The van der Waals surface area contributed by atoms with Crippen LogP contribution in [0.4, 0.5) is 0 Å². The molecule has 0 aliphatic heterocycles. The second-order valence-electron chi connectivity index (χ2n) is 7.66. The Morgan fingerprint density at radius 1 is 1.10 bits per heavy atom. The molecule has 0 aromatic heterocycles. The van der Waals surface area contributed by atoms with E-state index in [1.165, 1.54) is 44.9 Å². The van der Waals surface area contributed by atoms with Crippen molar-refractivity contribution in [2.75, 3.05) is 13.1 Å². The van der Waals surface area contributed by atoms with E-state index in [2.05, 4.69) is 38.0 Å². The minimum Gasteiger partial charge on any atom is -0.297 e. The van der Waals surface area contributed by atoms with Crippen molar-refractivity contribution in [2.45, 2.75) is 84.2 Å². The Kier molecular flexibility index (Phi) is 6.10. The molecule has 4 atom stereocenters.